The van der Waals surface area contributed by atoms with Gasteiger partial charge in [0.25, 0.3) is 0 Å². The van der Waals surface area contributed by atoms with Gasteiger partial charge in [0.1, 0.15) is 4.90 Å². The van der Waals surface area contributed by atoms with E-state index in [1.54, 1.807) is 12.1 Å². The van der Waals surface area contributed by atoms with Crippen molar-refractivity contribution in [3.63, 3.8) is 0 Å². The molecule has 0 fully saturated rings. The van der Waals surface area contributed by atoms with E-state index in [9.17, 15) is 8.42 Å². The SMILES string of the molecule is CNS(=O)(=O)c1ccc(Sc2cccc(Br)c2)cc1N. The molecule has 0 aromatic heterocycles. The number of anilines is 1. The Hall–Kier alpha value is -1.02. The average molecular weight is 373 g/mol. The van der Waals surface area contributed by atoms with Gasteiger partial charge in [-0.05, 0) is 43.4 Å². The Labute approximate surface area is 130 Å². The highest BCUT2D eigenvalue weighted by molar-refractivity contribution is 9.10. The first kappa shape index (κ1) is 15.4. The van der Waals surface area contributed by atoms with Gasteiger partial charge in [0, 0.05) is 14.3 Å². The lowest BCUT2D eigenvalue weighted by atomic mass is 10.3. The van der Waals surface area contributed by atoms with Gasteiger partial charge in [-0.2, -0.15) is 0 Å². The minimum absolute atomic E-state index is 0.0959. The molecule has 7 heteroatoms. The van der Waals surface area contributed by atoms with Crippen molar-refractivity contribution < 1.29 is 8.42 Å². The number of rotatable bonds is 4. The average Bonchev–Trinajstić information content (AvgIpc) is 2.38. The van der Waals surface area contributed by atoms with Crippen molar-refractivity contribution in [3.05, 3.63) is 46.9 Å². The molecule has 0 atom stereocenters. The summed E-state index contributed by atoms with van der Waals surface area (Å²) in [6, 6.07) is 12.8. The topological polar surface area (TPSA) is 72.2 Å². The van der Waals surface area contributed by atoms with Gasteiger partial charge in [-0.15, -0.1) is 0 Å². The third-order valence-corrected chi connectivity index (χ3v) is 5.53. The standard InChI is InChI=1S/C13H13BrN2O2S2/c1-16-20(17,18)13-6-5-11(8-12(13)15)19-10-4-2-3-9(14)7-10/h2-8,16H,15H2,1H3. The van der Waals surface area contributed by atoms with Crippen LogP contribution < -0.4 is 10.5 Å². The van der Waals surface area contributed by atoms with E-state index in [2.05, 4.69) is 20.7 Å². The molecule has 0 aliphatic rings. The van der Waals surface area contributed by atoms with E-state index < -0.39 is 10.0 Å². The van der Waals surface area contributed by atoms with E-state index in [0.717, 1.165) is 14.3 Å². The number of hydrogen-bond donors (Lipinski definition) is 2. The number of benzene rings is 2. The second-order valence-corrected chi connectivity index (χ2v) is 7.88. The van der Waals surface area contributed by atoms with Crippen LogP contribution in [0.2, 0.25) is 0 Å². The molecule has 2 rings (SSSR count). The van der Waals surface area contributed by atoms with Crippen molar-refractivity contribution in [3.8, 4) is 0 Å². The van der Waals surface area contributed by atoms with Gasteiger partial charge in [-0.3, -0.25) is 0 Å². The van der Waals surface area contributed by atoms with Crippen LogP contribution in [0.3, 0.4) is 0 Å². The molecule has 0 radical (unpaired) electrons. The van der Waals surface area contributed by atoms with Gasteiger partial charge in [0.05, 0.1) is 5.69 Å². The summed E-state index contributed by atoms with van der Waals surface area (Å²) in [5.41, 5.74) is 6.06. The Morgan fingerprint density at radius 3 is 2.45 bits per heavy atom. The number of nitrogens with one attached hydrogen (secondary N) is 1. The van der Waals surface area contributed by atoms with E-state index in [4.69, 9.17) is 5.73 Å². The summed E-state index contributed by atoms with van der Waals surface area (Å²) in [7, 11) is -2.16. The second-order valence-electron chi connectivity index (χ2n) is 3.97. The van der Waals surface area contributed by atoms with Crippen LogP contribution in [-0.4, -0.2) is 15.5 Å². The van der Waals surface area contributed by atoms with Crippen LogP contribution in [-0.2, 0) is 10.0 Å². The molecule has 3 N–H and O–H groups in total. The molecule has 0 heterocycles. The Bertz CT molecular complexity index is 733. The fraction of sp³-hybridized carbons (Fsp3) is 0.0769. The fourth-order valence-corrected chi connectivity index (χ4v) is 3.93. The Balaban J connectivity index is 2.30. The predicted octanol–water partition coefficient (Wildman–Crippen LogP) is 3.09. The molecule has 2 aromatic rings. The molecule has 0 bridgehead atoms. The quantitative estimate of drug-likeness (QED) is 0.808. The van der Waals surface area contributed by atoms with Crippen molar-refractivity contribution in [2.45, 2.75) is 14.7 Å². The van der Waals surface area contributed by atoms with Crippen molar-refractivity contribution >= 4 is 43.4 Å². The zero-order valence-electron chi connectivity index (χ0n) is 10.6. The molecular formula is C13H13BrN2O2S2. The Morgan fingerprint density at radius 1 is 1.15 bits per heavy atom. The van der Waals surface area contributed by atoms with E-state index in [1.165, 1.54) is 24.9 Å². The molecule has 0 aliphatic carbocycles. The first-order valence-electron chi connectivity index (χ1n) is 5.69. The monoisotopic (exact) mass is 372 g/mol. The van der Waals surface area contributed by atoms with Crippen LogP contribution in [0.15, 0.2) is 61.6 Å². The predicted molar refractivity (Wildman–Crippen MR) is 85.4 cm³/mol. The van der Waals surface area contributed by atoms with Gasteiger partial charge in [0.15, 0.2) is 0 Å². The van der Waals surface area contributed by atoms with Crippen molar-refractivity contribution in [2.75, 3.05) is 12.8 Å². The molecule has 2 aromatic carbocycles. The van der Waals surface area contributed by atoms with Gasteiger partial charge in [-0.1, -0.05) is 33.8 Å². The van der Waals surface area contributed by atoms with Crippen LogP contribution in [0.1, 0.15) is 0 Å². The Kier molecular flexibility index (Phi) is 4.74. The van der Waals surface area contributed by atoms with E-state index in [0.29, 0.717) is 0 Å². The highest BCUT2D eigenvalue weighted by Gasteiger charge is 2.15. The van der Waals surface area contributed by atoms with Crippen molar-refractivity contribution in [1.82, 2.24) is 4.72 Å². The third-order valence-electron chi connectivity index (χ3n) is 2.57. The highest BCUT2D eigenvalue weighted by Crippen LogP contribution is 2.32. The first-order chi connectivity index (χ1) is 9.42. The molecule has 0 saturated carbocycles. The van der Waals surface area contributed by atoms with E-state index in [-0.39, 0.29) is 10.6 Å². The molecule has 20 heavy (non-hydrogen) atoms. The van der Waals surface area contributed by atoms with Crippen LogP contribution in [0, 0.1) is 0 Å². The Morgan fingerprint density at radius 2 is 1.85 bits per heavy atom. The van der Waals surface area contributed by atoms with Crippen LogP contribution in [0.5, 0.6) is 0 Å². The minimum Gasteiger partial charge on any atom is -0.398 e. The lowest BCUT2D eigenvalue weighted by Crippen LogP contribution is -2.19. The number of nitrogens with two attached hydrogens (primary N) is 1. The summed E-state index contributed by atoms with van der Waals surface area (Å²) < 4.78 is 26.7. The largest absolute Gasteiger partial charge is 0.398 e. The lowest BCUT2D eigenvalue weighted by Gasteiger charge is -2.08. The summed E-state index contributed by atoms with van der Waals surface area (Å²) in [6.07, 6.45) is 0. The first-order valence-corrected chi connectivity index (χ1v) is 8.78. The smallest absolute Gasteiger partial charge is 0.242 e. The number of sulfonamides is 1. The third kappa shape index (κ3) is 3.54. The molecule has 0 unspecified atom stereocenters. The molecule has 0 spiro atoms. The zero-order chi connectivity index (χ0) is 14.8. The minimum atomic E-state index is -3.52. The highest BCUT2D eigenvalue weighted by atomic mass is 79.9. The van der Waals surface area contributed by atoms with E-state index >= 15 is 0 Å². The molecule has 4 nitrogen and oxygen atoms in total. The second kappa shape index (κ2) is 6.17. The van der Waals surface area contributed by atoms with Crippen LogP contribution in [0.25, 0.3) is 0 Å². The van der Waals surface area contributed by atoms with Crippen LogP contribution >= 0.6 is 27.7 Å². The van der Waals surface area contributed by atoms with Crippen molar-refractivity contribution in [2.24, 2.45) is 0 Å². The van der Waals surface area contributed by atoms with Gasteiger partial charge < -0.3 is 5.73 Å². The molecular weight excluding hydrogens is 360 g/mol. The number of nitrogen functional groups attached to an aromatic ring is 1. The maximum Gasteiger partial charge on any atom is 0.242 e. The number of hydrogen-bond acceptors (Lipinski definition) is 4. The van der Waals surface area contributed by atoms with Gasteiger partial charge >= 0.3 is 0 Å². The molecule has 0 amide bonds. The molecule has 0 saturated heterocycles. The summed E-state index contributed by atoms with van der Waals surface area (Å²) in [5.74, 6) is 0. The van der Waals surface area contributed by atoms with Crippen LogP contribution in [0.4, 0.5) is 5.69 Å². The summed E-state index contributed by atoms with van der Waals surface area (Å²) in [5, 5.41) is 0. The van der Waals surface area contributed by atoms with Gasteiger partial charge in [0.2, 0.25) is 10.0 Å². The van der Waals surface area contributed by atoms with Crippen molar-refractivity contribution in [1.29, 1.82) is 0 Å². The molecule has 106 valence electrons. The number of halogens is 1. The normalized spacial score (nSPS) is 11.5. The maximum atomic E-state index is 11.7. The fourth-order valence-electron chi connectivity index (χ4n) is 1.61. The summed E-state index contributed by atoms with van der Waals surface area (Å²) in [4.78, 5) is 2.03. The lowest BCUT2D eigenvalue weighted by molar-refractivity contribution is 0.588. The molecule has 0 aliphatic heterocycles. The van der Waals surface area contributed by atoms with E-state index in [1.807, 2.05) is 24.3 Å². The zero-order valence-corrected chi connectivity index (χ0v) is 13.8. The summed E-state index contributed by atoms with van der Waals surface area (Å²) in [6.45, 7) is 0. The summed E-state index contributed by atoms with van der Waals surface area (Å²) >= 11 is 4.93. The maximum absolute atomic E-state index is 11.7. The van der Waals surface area contributed by atoms with Gasteiger partial charge in [-0.25, -0.2) is 13.1 Å².